The lowest BCUT2D eigenvalue weighted by molar-refractivity contribution is 0.205. The Bertz CT molecular complexity index is 631. The first-order chi connectivity index (χ1) is 9.90. The van der Waals surface area contributed by atoms with Gasteiger partial charge in [0.2, 0.25) is 0 Å². The van der Waals surface area contributed by atoms with E-state index in [4.69, 9.17) is 11.6 Å². The van der Waals surface area contributed by atoms with Gasteiger partial charge in [-0.2, -0.15) is 5.10 Å². The van der Waals surface area contributed by atoms with Crippen LogP contribution in [0.15, 0.2) is 33.3 Å². The third kappa shape index (κ3) is 4.07. The normalized spacial score (nSPS) is 12.9. The molecule has 0 amide bonds. The van der Waals surface area contributed by atoms with E-state index in [-0.39, 0.29) is 0 Å². The molecule has 1 unspecified atom stereocenters. The third-order valence-corrected chi connectivity index (χ3v) is 4.55. The number of hydrogen-bond donors (Lipinski definition) is 1. The number of benzene rings is 1. The predicted molar refractivity (Wildman–Crippen MR) is 91.7 cm³/mol. The smallest absolute Gasteiger partial charge is 0.123 e. The predicted octanol–water partition coefficient (Wildman–Crippen LogP) is 3.70. The molecule has 2 rings (SSSR count). The molecule has 0 saturated carbocycles. The fraction of sp³-hybridized carbons (Fsp3) is 0.357. The van der Waals surface area contributed by atoms with Crippen molar-refractivity contribution in [2.24, 2.45) is 0 Å². The first kappa shape index (κ1) is 17.0. The molecule has 4 nitrogen and oxygen atoms in total. The quantitative estimate of drug-likeness (QED) is 0.776. The molecule has 0 fully saturated rings. The SMILES string of the molecule is CN(C)CCn1ncc(Br)c1C(O)c1cc(Br)ccc1Cl. The monoisotopic (exact) mass is 435 g/mol. The number of aromatic nitrogens is 2. The van der Waals surface area contributed by atoms with Gasteiger partial charge >= 0.3 is 0 Å². The van der Waals surface area contributed by atoms with Crippen LogP contribution in [0.25, 0.3) is 0 Å². The minimum absolute atomic E-state index is 0.526. The van der Waals surface area contributed by atoms with Gasteiger partial charge in [-0.05, 0) is 48.2 Å². The average Bonchev–Trinajstić information content (AvgIpc) is 2.79. The van der Waals surface area contributed by atoms with E-state index in [1.54, 1.807) is 16.9 Å². The molecule has 114 valence electrons. The highest BCUT2D eigenvalue weighted by atomic mass is 79.9. The Balaban J connectivity index is 2.36. The minimum Gasteiger partial charge on any atom is -0.382 e. The van der Waals surface area contributed by atoms with Crippen molar-refractivity contribution < 1.29 is 5.11 Å². The lowest BCUT2D eigenvalue weighted by Crippen LogP contribution is -2.21. The van der Waals surface area contributed by atoms with Crippen LogP contribution in [0.2, 0.25) is 5.02 Å². The highest BCUT2D eigenvalue weighted by molar-refractivity contribution is 9.10. The molecule has 1 aromatic heterocycles. The molecule has 1 N–H and O–H groups in total. The Morgan fingerprint density at radius 3 is 2.76 bits per heavy atom. The summed E-state index contributed by atoms with van der Waals surface area (Å²) in [6, 6.07) is 5.43. The molecule has 0 radical (unpaired) electrons. The minimum atomic E-state index is -0.839. The average molecular weight is 438 g/mol. The molecule has 0 aliphatic rings. The molecular formula is C14H16Br2ClN3O. The van der Waals surface area contributed by atoms with E-state index in [1.807, 2.05) is 26.2 Å². The molecule has 0 bridgehead atoms. The van der Waals surface area contributed by atoms with Gasteiger partial charge < -0.3 is 10.0 Å². The lowest BCUT2D eigenvalue weighted by Gasteiger charge is -2.17. The first-order valence-electron chi connectivity index (χ1n) is 6.39. The van der Waals surface area contributed by atoms with Gasteiger partial charge in [0.05, 0.1) is 22.9 Å². The first-order valence-corrected chi connectivity index (χ1v) is 8.35. The fourth-order valence-corrected chi connectivity index (χ4v) is 3.10. The van der Waals surface area contributed by atoms with Gasteiger partial charge in [0, 0.05) is 21.6 Å². The second-order valence-electron chi connectivity index (χ2n) is 4.97. The molecule has 1 aromatic carbocycles. The van der Waals surface area contributed by atoms with E-state index >= 15 is 0 Å². The molecular weight excluding hydrogens is 421 g/mol. The zero-order valence-electron chi connectivity index (χ0n) is 11.7. The number of aliphatic hydroxyl groups excluding tert-OH is 1. The largest absolute Gasteiger partial charge is 0.382 e. The number of rotatable bonds is 5. The summed E-state index contributed by atoms with van der Waals surface area (Å²) >= 11 is 13.1. The summed E-state index contributed by atoms with van der Waals surface area (Å²) in [5.74, 6) is 0. The van der Waals surface area contributed by atoms with E-state index in [1.165, 1.54) is 0 Å². The van der Waals surface area contributed by atoms with Crippen molar-refractivity contribution in [1.29, 1.82) is 0 Å². The zero-order chi connectivity index (χ0) is 15.6. The van der Waals surface area contributed by atoms with Gasteiger partial charge in [0.1, 0.15) is 6.10 Å². The van der Waals surface area contributed by atoms with Crippen LogP contribution in [0.1, 0.15) is 17.4 Å². The number of likely N-dealkylation sites (N-methyl/N-ethyl adjacent to an activating group) is 1. The van der Waals surface area contributed by atoms with Gasteiger partial charge in [0.15, 0.2) is 0 Å². The van der Waals surface area contributed by atoms with E-state index in [0.29, 0.717) is 22.8 Å². The Morgan fingerprint density at radius 2 is 2.10 bits per heavy atom. The van der Waals surface area contributed by atoms with Crippen LogP contribution in [0.4, 0.5) is 0 Å². The topological polar surface area (TPSA) is 41.3 Å². The maximum Gasteiger partial charge on any atom is 0.123 e. The standard InChI is InChI=1S/C14H16Br2ClN3O/c1-19(2)5-6-20-13(11(16)8-18-20)14(21)10-7-9(15)3-4-12(10)17/h3-4,7-8,14,21H,5-6H2,1-2H3. The number of nitrogens with zero attached hydrogens (tertiary/aromatic N) is 3. The number of aliphatic hydroxyl groups is 1. The van der Waals surface area contributed by atoms with Crippen molar-refractivity contribution in [3.8, 4) is 0 Å². The van der Waals surface area contributed by atoms with Crippen molar-refractivity contribution in [1.82, 2.24) is 14.7 Å². The maximum absolute atomic E-state index is 10.7. The Labute approximate surface area is 146 Å². The molecule has 1 heterocycles. The summed E-state index contributed by atoms with van der Waals surface area (Å²) in [4.78, 5) is 2.07. The maximum atomic E-state index is 10.7. The Morgan fingerprint density at radius 1 is 1.38 bits per heavy atom. The van der Waals surface area contributed by atoms with Crippen molar-refractivity contribution in [3.05, 3.63) is 49.6 Å². The molecule has 21 heavy (non-hydrogen) atoms. The fourth-order valence-electron chi connectivity index (χ4n) is 1.99. The molecule has 0 aliphatic heterocycles. The van der Waals surface area contributed by atoms with Gasteiger partial charge in [-0.15, -0.1) is 0 Å². The van der Waals surface area contributed by atoms with Crippen LogP contribution in [0.5, 0.6) is 0 Å². The second kappa shape index (κ2) is 7.24. The van der Waals surface area contributed by atoms with Gasteiger partial charge in [0.25, 0.3) is 0 Å². The van der Waals surface area contributed by atoms with Gasteiger partial charge in [-0.3, -0.25) is 4.68 Å². The van der Waals surface area contributed by atoms with E-state index in [0.717, 1.165) is 15.5 Å². The molecule has 2 aromatic rings. The van der Waals surface area contributed by atoms with Crippen LogP contribution in [0, 0.1) is 0 Å². The highest BCUT2D eigenvalue weighted by Gasteiger charge is 2.22. The summed E-state index contributed by atoms with van der Waals surface area (Å²) in [7, 11) is 4.00. The molecule has 1 atom stereocenters. The highest BCUT2D eigenvalue weighted by Crippen LogP contribution is 2.33. The van der Waals surface area contributed by atoms with Crippen LogP contribution >= 0.6 is 43.5 Å². The van der Waals surface area contributed by atoms with Crippen molar-refractivity contribution in [2.45, 2.75) is 12.6 Å². The number of hydrogen-bond acceptors (Lipinski definition) is 3. The van der Waals surface area contributed by atoms with Gasteiger partial charge in [-0.25, -0.2) is 0 Å². The van der Waals surface area contributed by atoms with Crippen molar-refractivity contribution in [3.63, 3.8) is 0 Å². The van der Waals surface area contributed by atoms with Crippen LogP contribution in [-0.2, 0) is 6.54 Å². The Kier molecular flexibility index (Phi) is 5.85. The zero-order valence-corrected chi connectivity index (χ0v) is 15.7. The van der Waals surface area contributed by atoms with Crippen LogP contribution in [-0.4, -0.2) is 40.4 Å². The molecule has 0 spiro atoms. The van der Waals surface area contributed by atoms with Crippen molar-refractivity contribution in [2.75, 3.05) is 20.6 Å². The third-order valence-electron chi connectivity index (χ3n) is 3.10. The molecule has 0 aliphatic carbocycles. The number of halogens is 3. The summed E-state index contributed by atoms with van der Waals surface area (Å²) in [6.07, 6.45) is 0.856. The summed E-state index contributed by atoms with van der Waals surface area (Å²) in [5, 5.41) is 15.5. The summed E-state index contributed by atoms with van der Waals surface area (Å²) in [5.41, 5.74) is 1.36. The van der Waals surface area contributed by atoms with E-state index in [9.17, 15) is 5.11 Å². The summed E-state index contributed by atoms with van der Waals surface area (Å²) in [6.45, 7) is 1.52. The van der Waals surface area contributed by atoms with Crippen LogP contribution < -0.4 is 0 Å². The Hall–Kier alpha value is -0.400. The molecule has 7 heteroatoms. The lowest BCUT2D eigenvalue weighted by atomic mass is 10.1. The summed E-state index contributed by atoms with van der Waals surface area (Å²) < 4.78 is 3.44. The van der Waals surface area contributed by atoms with Gasteiger partial charge in [-0.1, -0.05) is 27.5 Å². The van der Waals surface area contributed by atoms with E-state index in [2.05, 4.69) is 41.9 Å². The van der Waals surface area contributed by atoms with E-state index < -0.39 is 6.10 Å². The van der Waals surface area contributed by atoms with Crippen molar-refractivity contribution >= 4 is 43.5 Å². The van der Waals surface area contributed by atoms with Crippen LogP contribution in [0.3, 0.4) is 0 Å². The second-order valence-corrected chi connectivity index (χ2v) is 7.15. The molecule has 0 saturated heterocycles.